The van der Waals surface area contributed by atoms with Gasteiger partial charge in [-0.15, -0.1) is 0 Å². The average Bonchev–Trinajstić information content (AvgIpc) is 2.80. The molecule has 0 amide bonds. The molecule has 0 aliphatic carbocycles. The van der Waals surface area contributed by atoms with Gasteiger partial charge in [0.15, 0.2) is 5.03 Å². The molecular weight excluding hydrogens is 306 g/mol. The number of nitro groups is 1. The minimum atomic E-state index is -0.756. The van der Waals surface area contributed by atoms with Crippen molar-refractivity contribution in [1.82, 2.24) is 9.55 Å². The number of halogens is 1. The summed E-state index contributed by atoms with van der Waals surface area (Å²) in [5.74, 6) is 0. The van der Waals surface area contributed by atoms with Crippen LogP contribution in [0.4, 0.5) is 5.69 Å². The van der Waals surface area contributed by atoms with Crippen molar-refractivity contribution >= 4 is 28.6 Å². The molecule has 0 bridgehead atoms. The fourth-order valence-corrected chi connectivity index (χ4v) is 2.29. The molecule has 2 rings (SSSR count). The molecule has 0 spiro atoms. The molecule has 2 aromatic heterocycles. The van der Waals surface area contributed by atoms with Crippen LogP contribution in [0.5, 0.6) is 0 Å². The highest BCUT2D eigenvalue weighted by Gasteiger charge is 2.05. The van der Waals surface area contributed by atoms with Crippen molar-refractivity contribution < 1.29 is 5.03 Å². The fourth-order valence-electron chi connectivity index (χ4n) is 1.45. The van der Waals surface area contributed by atoms with E-state index < -0.39 is 5.03 Å². The lowest BCUT2D eigenvalue weighted by Crippen LogP contribution is -2.16. The molecule has 2 aromatic rings. The van der Waals surface area contributed by atoms with E-state index >= 15 is 0 Å². The first-order valence-corrected chi connectivity index (χ1v) is 6.38. The maximum absolute atomic E-state index is 10.4. The second-order valence-electron chi connectivity index (χ2n) is 3.49. The summed E-state index contributed by atoms with van der Waals surface area (Å²) in [7, 11) is 0. The van der Waals surface area contributed by atoms with Crippen LogP contribution in [0.1, 0.15) is 5.56 Å². The Labute approximate surface area is 120 Å². The minimum absolute atomic E-state index is 0.0945. The van der Waals surface area contributed by atoms with E-state index in [-0.39, 0.29) is 15.6 Å². The summed E-state index contributed by atoms with van der Waals surface area (Å²) in [6.45, 7) is 0.300. The Morgan fingerprint density at radius 1 is 1.65 bits per heavy atom. The summed E-state index contributed by atoms with van der Waals surface area (Å²) in [5, 5.41) is 18.1. The van der Waals surface area contributed by atoms with Crippen molar-refractivity contribution in [3.8, 4) is 0 Å². The van der Waals surface area contributed by atoms with Gasteiger partial charge in [0.2, 0.25) is 0 Å². The van der Waals surface area contributed by atoms with Gasteiger partial charge < -0.3 is 4.57 Å². The van der Waals surface area contributed by atoms with E-state index in [9.17, 15) is 10.1 Å². The molecule has 0 saturated heterocycles. The third-order valence-electron chi connectivity index (χ3n) is 2.21. The molecule has 20 heavy (non-hydrogen) atoms. The number of azide groups is 1. The zero-order valence-corrected chi connectivity index (χ0v) is 11.3. The SMILES string of the molecule is [N-]=[N+]=Nc1cc(Cn2ccs/c2=N/[N+](=O)[O-])cnc1Cl. The first kappa shape index (κ1) is 14.0. The van der Waals surface area contributed by atoms with E-state index in [1.165, 1.54) is 6.20 Å². The molecule has 102 valence electrons. The topological polar surface area (TPSA) is 122 Å². The molecular formula is C9H6ClN7O2S. The first-order valence-electron chi connectivity index (χ1n) is 5.12. The summed E-state index contributed by atoms with van der Waals surface area (Å²) in [6, 6.07) is 1.57. The van der Waals surface area contributed by atoms with E-state index in [4.69, 9.17) is 17.1 Å². The van der Waals surface area contributed by atoms with Crippen molar-refractivity contribution in [2.45, 2.75) is 6.54 Å². The summed E-state index contributed by atoms with van der Waals surface area (Å²) >= 11 is 6.91. The predicted octanol–water partition coefficient (Wildman–Crippen LogP) is 2.68. The summed E-state index contributed by atoms with van der Waals surface area (Å²) in [4.78, 5) is 17.2. The molecule has 0 radical (unpaired) electrons. The Hall–Kier alpha value is -2.42. The molecule has 0 aliphatic heterocycles. The van der Waals surface area contributed by atoms with Gasteiger partial charge in [-0.1, -0.05) is 28.1 Å². The van der Waals surface area contributed by atoms with Crippen LogP contribution in [-0.4, -0.2) is 14.6 Å². The average molecular weight is 312 g/mol. The van der Waals surface area contributed by atoms with Gasteiger partial charge in [0.1, 0.15) is 5.15 Å². The van der Waals surface area contributed by atoms with Gasteiger partial charge in [-0.3, -0.25) is 0 Å². The van der Waals surface area contributed by atoms with Gasteiger partial charge in [-0.25, -0.2) is 15.1 Å². The van der Waals surface area contributed by atoms with E-state index in [1.807, 2.05) is 0 Å². The monoisotopic (exact) mass is 311 g/mol. The van der Waals surface area contributed by atoms with Crippen molar-refractivity contribution in [3.63, 3.8) is 0 Å². The lowest BCUT2D eigenvalue weighted by molar-refractivity contribution is -0.490. The molecule has 2 heterocycles. The quantitative estimate of drug-likeness (QED) is 0.215. The molecule has 0 aliphatic rings. The van der Waals surface area contributed by atoms with Crippen LogP contribution in [0.2, 0.25) is 5.15 Å². The van der Waals surface area contributed by atoms with Gasteiger partial charge in [0.25, 0.3) is 4.80 Å². The van der Waals surface area contributed by atoms with E-state index in [0.29, 0.717) is 12.1 Å². The molecule has 0 aromatic carbocycles. The van der Waals surface area contributed by atoms with Gasteiger partial charge in [0, 0.05) is 22.7 Å². The maximum atomic E-state index is 10.4. The van der Waals surface area contributed by atoms with Crippen LogP contribution in [0.25, 0.3) is 10.4 Å². The van der Waals surface area contributed by atoms with Crippen LogP contribution >= 0.6 is 22.9 Å². The summed E-state index contributed by atoms with van der Waals surface area (Å²) in [6.07, 6.45) is 3.16. The molecule has 11 heteroatoms. The number of thiazole rings is 1. The largest absolute Gasteiger partial charge is 0.314 e. The highest BCUT2D eigenvalue weighted by molar-refractivity contribution is 7.07. The van der Waals surface area contributed by atoms with Gasteiger partial charge in [-0.05, 0) is 17.2 Å². The van der Waals surface area contributed by atoms with E-state index in [2.05, 4.69) is 20.1 Å². The number of nitrogens with zero attached hydrogens (tertiary/aromatic N) is 7. The number of pyridine rings is 1. The number of hydrogen-bond donors (Lipinski definition) is 0. The summed E-state index contributed by atoms with van der Waals surface area (Å²) < 4.78 is 1.58. The Morgan fingerprint density at radius 3 is 3.15 bits per heavy atom. The van der Waals surface area contributed by atoms with Crippen LogP contribution in [0.15, 0.2) is 34.1 Å². The molecule has 0 fully saturated rings. The Morgan fingerprint density at radius 2 is 2.45 bits per heavy atom. The lowest BCUT2D eigenvalue weighted by Gasteiger charge is -2.04. The smallest absolute Gasteiger partial charge is 0.262 e. The van der Waals surface area contributed by atoms with Crippen molar-refractivity contribution in [2.24, 2.45) is 10.2 Å². The molecule has 0 saturated carbocycles. The van der Waals surface area contributed by atoms with Crippen LogP contribution in [0.3, 0.4) is 0 Å². The fraction of sp³-hybridized carbons (Fsp3) is 0.111. The third-order valence-corrected chi connectivity index (χ3v) is 3.29. The predicted molar refractivity (Wildman–Crippen MR) is 72.0 cm³/mol. The summed E-state index contributed by atoms with van der Waals surface area (Å²) in [5.41, 5.74) is 9.30. The van der Waals surface area contributed by atoms with E-state index in [1.54, 1.807) is 22.2 Å². The zero-order chi connectivity index (χ0) is 14.5. The van der Waals surface area contributed by atoms with Crippen LogP contribution in [-0.2, 0) is 6.54 Å². The minimum Gasteiger partial charge on any atom is -0.314 e. The molecule has 0 unspecified atom stereocenters. The van der Waals surface area contributed by atoms with Crippen molar-refractivity contribution in [2.75, 3.05) is 0 Å². The van der Waals surface area contributed by atoms with Crippen molar-refractivity contribution in [1.29, 1.82) is 0 Å². The van der Waals surface area contributed by atoms with Crippen LogP contribution in [0, 0.1) is 10.1 Å². The standard InChI is InChI=1S/C9H6ClN7O2S/c10-8-7(13-15-11)3-6(4-12-8)5-16-1-2-20-9(16)14-17(18)19/h1-4H,5H2/b14-9+. The number of hydrogen-bond acceptors (Lipinski definition) is 5. The second-order valence-corrected chi connectivity index (χ2v) is 4.73. The first-order chi connectivity index (χ1) is 9.60. The Balaban J connectivity index is 2.36. The van der Waals surface area contributed by atoms with Gasteiger partial charge in [-0.2, -0.15) is 0 Å². The Bertz CT molecular complexity index is 762. The van der Waals surface area contributed by atoms with Gasteiger partial charge in [0.05, 0.1) is 17.3 Å². The highest BCUT2D eigenvalue weighted by atomic mass is 35.5. The van der Waals surface area contributed by atoms with E-state index in [0.717, 1.165) is 11.3 Å². The molecule has 0 N–H and O–H groups in total. The zero-order valence-electron chi connectivity index (χ0n) is 9.75. The normalized spacial score (nSPS) is 11.2. The third kappa shape index (κ3) is 3.32. The maximum Gasteiger partial charge on any atom is 0.262 e. The lowest BCUT2D eigenvalue weighted by atomic mass is 10.2. The van der Waals surface area contributed by atoms with Gasteiger partial charge >= 0.3 is 0 Å². The highest BCUT2D eigenvalue weighted by Crippen LogP contribution is 2.23. The molecule has 0 atom stereocenters. The second kappa shape index (κ2) is 6.15. The van der Waals surface area contributed by atoms with Crippen LogP contribution < -0.4 is 4.80 Å². The molecule has 9 nitrogen and oxygen atoms in total. The Kier molecular flexibility index (Phi) is 4.31. The number of rotatable bonds is 4. The number of aromatic nitrogens is 2. The van der Waals surface area contributed by atoms with Crippen molar-refractivity contribution in [3.05, 3.63) is 59.9 Å².